The molecule has 0 amide bonds. The molecule has 0 spiro atoms. The number of aliphatic hydroxyl groups excluding tert-OH is 1. The van der Waals surface area contributed by atoms with Gasteiger partial charge in [0, 0.05) is 12.1 Å². The monoisotopic (exact) mass is 476 g/mol. The molecule has 0 bridgehead atoms. The molecule has 34 heavy (non-hydrogen) atoms. The van der Waals surface area contributed by atoms with E-state index >= 15 is 0 Å². The van der Waals surface area contributed by atoms with Crippen molar-refractivity contribution in [1.29, 1.82) is 0 Å². The van der Waals surface area contributed by atoms with E-state index in [-0.39, 0.29) is 46.7 Å². The van der Waals surface area contributed by atoms with Gasteiger partial charge < -0.3 is 33.6 Å². The molecule has 4 aromatic rings. The van der Waals surface area contributed by atoms with E-state index in [0.29, 0.717) is 0 Å². The number of carboxylic acid groups (broad SMARTS) is 2. The van der Waals surface area contributed by atoms with Gasteiger partial charge in [-0.15, -0.1) is 0 Å². The van der Waals surface area contributed by atoms with E-state index in [0.717, 1.165) is 12.1 Å². The molecular weight excluding hydrogens is 460 g/mol. The molecule has 2 heterocycles. The van der Waals surface area contributed by atoms with Gasteiger partial charge in [0.2, 0.25) is 11.5 Å². The lowest BCUT2D eigenvalue weighted by atomic mass is 10.2. The number of ether oxygens (including phenoxy) is 2. The number of aliphatic hydroxyl groups is 1. The molecule has 0 saturated carbocycles. The van der Waals surface area contributed by atoms with Crippen LogP contribution in [0.5, 0.6) is 11.5 Å². The highest BCUT2D eigenvalue weighted by molar-refractivity contribution is 5.90. The summed E-state index contributed by atoms with van der Waals surface area (Å²) in [6.07, 6.45) is -1.19. The fourth-order valence-electron chi connectivity index (χ4n) is 3.23. The van der Waals surface area contributed by atoms with Crippen molar-refractivity contribution in [2.45, 2.75) is 6.10 Å². The van der Waals surface area contributed by atoms with Crippen molar-refractivity contribution in [2.75, 3.05) is 13.2 Å². The highest BCUT2D eigenvalue weighted by Crippen LogP contribution is 2.25. The third kappa shape index (κ3) is 4.45. The summed E-state index contributed by atoms with van der Waals surface area (Å²) in [5, 5.41) is 28.4. The Morgan fingerprint density at radius 3 is 1.59 bits per heavy atom. The second kappa shape index (κ2) is 9.08. The van der Waals surface area contributed by atoms with E-state index in [4.69, 9.17) is 28.5 Å². The van der Waals surface area contributed by atoms with Crippen LogP contribution >= 0.6 is 0 Å². The maximum atomic E-state index is 12.3. The normalized spacial score (nSPS) is 11.1. The number of hydrogen-bond donors (Lipinski definition) is 3. The van der Waals surface area contributed by atoms with Gasteiger partial charge in [-0.05, 0) is 24.3 Å². The Balaban J connectivity index is 1.49. The van der Waals surface area contributed by atoms with Crippen LogP contribution in [0, 0.1) is 0 Å². The fourth-order valence-corrected chi connectivity index (χ4v) is 3.23. The first-order valence-corrected chi connectivity index (χ1v) is 9.78. The summed E-state index contributed by atoms with van der Waals surface area (Å²) in [6, 6.07) is 10.4. The molecule has 0 fully saturated rings. The molecule has 11 heteroatoms. The van der Waals surface area contributed by atoms with Gasteiger partial charge in [-0.2, -0.15) is 0 Å². The molecule has 0 aliphatic rings. The molecule has 2 aromatic heterocycles. The number of hydrogen-bond acceptors (Lipinski definition) is 9. The van der Waals surface area contributed by atoms with Crippen molar-refractivity contribution < 1.29 is 43.2 Å². The highest BCUT2D eigenvalue weighted by atomic mass is 16.7. The molecule has 0 aliphatic heterocycles. The molecular formula is C23H16O11. The van der Waals surface area contributed by atoms with Crippen LogP contribution in [-0.4, -0.2) is 46.6 Å². The van der Waals surface area contributed by atoms with Crippen molar-refractivity contribution >= 4 is 33.9 Å². The van der Waals surface area contributed by atoms with Crippen molar-refractivity contribution in [3.63, 3.8) is 0 Å². The standard InChI is InChI=1S/C23H16O11/c24-11(9-31-14-3-1-5-16-20(14)12(25)7-18(33-16)22(27)28)10-32-15-4-2-6-17-21(15)13(26)8-19(34-17)23(29)30/h1-8,11,24H,9-10H2,(H,27,28)(H,29,30)/i18+2,19+2,22+2,23+2. The van der Waals surface area contributed by atoms with E-state index in [9.17, 15) is 24.3 Å². The maximum Gasteiger partial charge on any atom is 0.371 e. The number of fused-ring (bicyclic) bond motifs is 2. The quantitative estimate of drug-likeness (QED) is 0.340. The first-order valence-electron chi connectivity index (χ1n) is 9.78. The summed E-state index contributed by atoms with van der Waals surface area (Å²) in [5.74, 6) is -3.65. The first-order chi connectivity index (χ1) is 16.2. The zero-order valence-electron chi connectivity index (χ0n) is 17.2. The first kappa shape index (κ1) is 22.6. The summed E-state index contributed by atoms with van der Waals surface area (Å²) in [4.78, 5) is 46.8. The van der Waals surface area contributed by atoms with Crippen LogP contribution in [-0.2, 0) is 0 Å². The molecule has 4 rings (SSSR count). The van der Waals surface area contributed by atoms with Gasteiger partial charge in [0.05, 0.1) is 0 Å². The minimum absolute atomic E-state index is 0.0105. The lowest BCUT2D eigenvalue weighted by Crippen LogP contribution is -2.25. The largest absolute Gasteiger partial charge is 0.490 e. The van der Waals surface area contributed by atoms with Gasteiger partial charge >= 0.3 is 11.9 Å². The summed E-state index contributed by atoms with van der Waals surface area (Å²) < 4.78 is 21.4. The number of benzene rings is 2. The Morgan fingerprint density at radius 2 is 1.21 bits per heavy atom. The zero-order valence-corrected chi connectivity index (χ0v) is 17.2. The lowest BCUT2D eigenvalue weighted by molar-refractivity contribution is 0.0636. The molecule has 2 aromatic carbocycles. The lowest BCUT2D eigenvalue weighted by Gasteiger charge is -2.15. The fraction of sp³-hybridized carbons (Fsp3) is 0.130. The molecule has 11 nitrogen and oxygen atoms in total. The highest BCUT2D eigenvalue weighted by Gasteiger charge is 2.17. The van der Waals surface area contributed by atoms with Gasteiger partial charge in [-0.1, -0.05) is 12.1 Å². The van der Waals surface area contributed by atoms with Crippen LogP contribution in [0.15, 0.2) is 67.0 Å². The third-order valence-corrected chi connectivity index (χ3v) is 4.72. The van der Waals surface area contributed by atoms with Crippen molar-refractivity contribution in [3.8, 4) is 11.5 Å². The Hall–Kier alpha value is -4.64. The SMILES string of the molecule is O=c1c[14c]([14C](=O)O)oc2cccc(OCC(O)COc3cccc4o[14c]([14C](=O)O)cc(=O)c34)c12. The van der Waals surface area contributed by atoms with Crippen LogP contribution in [0.25, 0.3) is 21.9 Å². The Kier molecular flexibility index (Phi) is 6.02. The molecule has 0 saturated heterocycles. The van der Waals surface area contributed by atoms with Gasteiger partial charge in [0.25, 0.3) is 0 Å². The second-order valence-corrected chi connectivity index (χ2v) is 7.09. The van der Waals surface area contributed by atoms with Gasteiger partial charge in [-0.3, -0.25) is 9.59 Å². The van der Waals surface area contributed by atoms with Crippen LogP contribution in [0.1, 0.15) is 21.1 Å². The number of carbonyl (C=O) groups is 2. The van der Waals surface area contributed by atoms with Crippen molar-refractivity contribution in [2.24, 2.45) is 0 Å². The van der Waals surface area contributed by atoms with Crippen LogP contribution in [0.2, 0.25) is 0 Å². The topological polar surface area (TPSA) is 174 Å². The molecule has 174 valence electrons. The third-order valence-electron chi connectivity index (χ3n) is 4.72. The average Bonchev–Trinajstić information content (AvgIpc) is 2.80. The Bertz CT molecular complexity index is 1410. The molecule has 3 N–H and O–H groups in total. The average molecular weight is 476 g/mol. The van der Waals surface area contributed by atoms with E-state index in [2.05, 4.69) is 0 Å². The van der Waals surface area contributed by atoms with Gasteiger partial charge in [-0.25, -0.2) is 9.59 Å². The maximum absolute atomic E-state index is 12.3. The number of carboxylic acids is 2. The van der Waals surface area contributed by atoms with Crippen molar-refractivity contribution in [1.82, 2.24) is 0 Å². The number of rotatable bonds is 8. The molecule has 0 atom stereocenters. The van der Waals surface area contributed by atoms with Crippen LogP contribution in [0.3, 0.4) is 0 Å². The summed E-state index contributed by atoms with van der Waals surface area (Å²) >= 11 is 0. The predicted octanol–water partition coefficient (Wildman–Crippen LogP) is 2.11. The summed E-state index contributed by atoms with van der Waals surface area (Å²) in [5.41, 5.74) is -1.22. The summed E-state index contributed by atoms with van der Waals surface area (Å²) in [7, 11) is 0. The minimum Gasteiger partial charge on any atom is -0.490 e. The number of aromatic carboxylic acids is 2. The zero-order chi connectivity index (χ0) is 24.4. The van der Waals surface area contributed by atoms with Crippen LogP contribution < -0.4 is 20.3 Å². The van der Waals surface area contributed by atoms with Crippen molar-refractivity contribution in [3.05, 3.63) is 80.5 Å². The second-order valence-electron chi connectivity index (χ2n) is 7.09. The van der Waals surface area contributed by atoms with E-state index in [1.165, 1.54) is 36.4 Å². The molecule has 0 unspecified atom stereocenters. The molecule has 0 aliphatic carbocycles. The smallest absolute Gasteiger partial charge is 0.371 e. The van der Waals surface area contributed by atoms with E-state index in [1.54, 1.807) is 0 Å². The Labute approximate surface area is 189 Å². The van der Waals surface area contributed by atoms with Gasteiger partial charge in [0.15, 0.2) is 10.9 Å². The van der Waals surface area contributed by atoms with Gasteiger partial charge in [0.1, 0.15) is 52.8 Å². The van der Waals surface area contributed by atoms with E-state index in [1.807, 2.05) is 0 Å². The molecule has 0 radical (unpaired) electrons. The van der Waals surface area contributed by atoms with E-state index < -0.39 is 40.4 Å². The Morgan fingerprint density at radius 1 is 0.794 bits per heavy atom. The predicted molar refractivity (Wildman–Crippen MR) is 116 cm³/mol. The van der Waals surface area contributed by atoms with Crippen LogP contribution in [0.4, 0.5) is 0 Å². The minimum atomic E-state index is -1.39. The summed E-state index contributed by atoms with van der Waals surface area (Å²) in [6.45, 7) is -0.608.